The van der Waals surface area contributed by atoms with Crippen LogP contribution in [-0.2, 0) is 29.5 Å². The van der Waals surface area contributed by atoms with Crippen LogP contribution >= 0.6 is 0 Å². The van der Waals surface area contributed by atoms with E-state index in [2.05, 4.69) is 4.98 Å². The van der Waals surface area contributed by atoms with E-state index in [9.17, 15) is 16.8 Å². The van der Waals surface area contributed by atoms with Crippen LogP contribution in [0.4, 0.5) is 5.82 Å². The fourth-order valence-electron chi connectivity index (χ4n) is 2.91. The molecule has 0 unspecified atom stereocenters. The van der Waals surface area contributed by atoms with Crippen molar-refractivity contribution in [2.45, 2.75) is 16.7 Å². The number of anilines is 1. The van der Waals surface area contributed by atoms with Gasteiger partial charge in [0.1, 0.15) is 15.6 Å². The number of hydrogen-bond acceptors (Lipinski definition) is 8. The summed E-state index contributed by atoms with van der Waals surface area (Å²) in [5.74, 6) is -0.213. The molecule has 0 spiro atoms. The van der Waals surface area contributed by atoms with Crippen molar-refractivity contribution in [3.05, 3.63) is 11.8 Å². The Hall–Kier alpha value is -1.31. The molecular formula is C14H22N4O6S2. The minimum atomic E-state index is -3.96. The summed E-state index contributed by atoms with van der Waals surface area (Å²) in [6, 6.07) is 1.12. The Labute approximate surface area is 153 Å². The number of hydrogen-bond donors (Lipinski definition) is 1. The molecule has 2 aliphatic rings. The van der Waals surface area contributed by atoms with Gasteiger partial charge in [-0.2, -0.15) is 8.61 Å². The molecule has 0 amide bonds. The van der Waals surface area contributed by atoms with E-state index in [1.165, 1.54) is 15.5 Å². The lowest BCUT2D eigenvalue weighted by Crippen LogP contribution is -2.42. The van der Waals surface area contributed by atoms with Crippen molar-refractivity contribution in [2.75, 3.05) is 58.3 Å². The normalized spacial score (nSPS) is 21.0. The van der Waals surface area contributed by atoms with E-state index in [-0.39, 0.29) is 60.7 Å². The highest BCUT2D eigenvalue weighted by Gasteiger charge is 2.34. The Kier molecular flexibility index (Phi) is 5.51. The van der Waals surface area contributed by atoms with Gasteiger partial charge < -0.3 is 15.2 Å². The summed E-state index contributed by atoms with van der Waals surface area (Å²) in [5.41, 5.74) is 5.99. The van der Waals surface area contributed by atoms with E-state index < -0.39 is 20.0 Å². The van der Waals surface area contributed by atoms with Crippen LogP contribution in [-0.4, -0.2) is 83.0 Å². The van der Waals surface area contributed by atoms with Gasteiger partial charge in [-0.1, -0.05) is 0 Å². The molecule has 0 atom stereocenters. The minimum Gasteiger partial charge on any atom is -0.383 e. The van der Waals surface area contributed by atoms with Gasteiger partial charge in [0.25, 0.3) is 0 Å². The van der Waals surface area contributed by atoms with Gasteiger partial charge in [0.15, 0.2) is 0 Å². The Bertz CT molecular complexity index is 806. The summed E-state index contributed by atoms with van der Waals surface area (Å²) in [7, 11) is -7.86. The van der Waals surface area contributed by atoms with Gasteiger partial charge in [0.2, 0.25) is 20.0 Å². The topological polar surface area (TPSA) is 132 Å². The second kappa shape index (κ2) is 7.37. The number of nitrogen functional groups attached to an aromatic ring is 1. The summed E-state index contributed by atoms with van der Waals surface area (Å²) in [6.07, 6.45) is 0. The van der Waals surface area contributed by atoms with Crippen LogP contribution in [0.2, 0.25) is 0 Å². The molecule has 0 saturated carbocycles. The number of pyridine rings is 1. The molecule has 12 heteroatoms. The molecule has 0 aliphatic carbocycles. The highest BCUT2D eigenvalue weighted by atomic mass is 32.2. The predicted molar refractivity (Wildman–Crippen MR) is 92.5 cm³/mol. The fourth-order valence-corrected chi connectivity index (χ4v) is 6.06. The van der Waals surface area contributed by atoms with Gasteiger partial charge >= 0.3 is 0 Å². The average Bonchev–Trinajstić information content (AvgIpc) is 2.62. The molecule has 2 aliphatic heterocycles. The number of nitrogens with zero attached hydrogens (tertiary/aromatic N) is 3. The maximum absolute atomic E-state index is 12.9. The number of aryl methyl sites for hydroxylation is 1. The van der Waals surface area contributed by atoms with Crippen LogP contribution in [0.25, 0.3) is 0 Å². The summed E-state index contributed by atoms with van der Waals surface area (Å²) < 4.78 is 64.5. The second-order valence-corrected chi connectivity index (χ2v) is 9.80. The van der Waals surface area contributed by atoms with Crippen molar-refractivity contribution in [3.63, 3.8) is 0 Å². The van der Waals surface area contributed by atoms with Crippen LogP contribution in [0.1, 0.15) is 5.69 Å². The first-order valence-electron chi connectivity index (χ1n) is 8.17. The molecule has 10 nitrogen and oxygen atoms in total. The third-order valence-corrected chi connectivity index (χ3v) is 8.28. The maximum Gasteiger partial charge on any atom is 0.246 e. The van der Waals surface area contributed by atoms with Crippen LogP contribution < -0.4 is 5.73 Å². The van der Waals surface area contributed by atoms with Crippen molar-refractivity contribution < 1.29 is 26.3 Å². The molecule has 1 aromatic heterocycles. The Balaban J connectivity index is 2.04. The predicted octanol–water partition coefficient (Wildman–Crippen LogP) is -0.986. The molecule has 0 aromatic carbocycles. The summed E-state index contributed by atoms with van der Waals surface area (Å²) in [4.78, 5) is 3.55. The van der Waals surface area contributed by atoms with Gasteiger partial charge in [0, 0.05) is 26.2 Å². The molecule has 0 radical (unpaired) electrons. The lowest BCUT2D eigenvalue weighted by molar-refractivity contribution is 0.0728. The van der Waals surface area contributed by atoms with Crippen molar-refractivity contribution in [3.8, 4) is 0 Å². The van der Waals surface area contributed by atoms with Gasteiger partial charge in [-0.15, -0.1) is 0 Å². The van der Waals surface area contributed by atoms with Crippen LogP contribution in [0.5, 0.6) is 0 Å². The van der Waals surface area contributed by atoms with Crippen molar-refractivity contribution in [2.24, 2.45) is 0 Å². The summed E-state index contributed by atoms with van der Waals surface area (Å²) in [5, 5.41) is 0. The standard InChI is InChI=1S/C14H22N4O6S2/c1-11-12(25(19,20)17-2-6-23-7-3-17)10-13(14(15)16-11)26(21,22)18-4-8-24-9-5-18/h10H,2-9H2,1H3,(H2,15,16). The molecule has 26 heavy (non-hydrogen) atoms. The SMILES string of the molecule is Cc1nc(N)c(S(=O)(=O)N2CCOCC2)cc1S(=O)(=O)N1CCOCC1. The van der Waals surface area contributed by atoms with Gasteiger partial charge in [-0.3, -0.25) is 0 Å². The van der Waals surface area contributed by atoms with E-state index >= 15 is 0 Å². The molecular weight excluding hydrogens is 384 g/mol. The molecule has 2 saturated heterocycles. The minimum absolute atomic E-state index is 0.152. The molecule has 0 bridgehead atoms. The zero-order valence-corrected chi connectivity index (χ0v) is 16.1. The first kappa shape index (κ1) is 19.5. The van der Waals surface area contributed by atoms with Crippen LogP contribution in [0.15, 0.2) is 15.9 Å². The molecule has 1 aromatic rings. The highest BCUT2D eigenvalue weighted by molar-refractivity contribution is 7.90. The van der Waals surface area contributed by atoms with Gasteiger partial charge in [0.05, 0.1) is 32.1 Å². The first-order chi connectivity index (χ1) is 12.2. The molecule has 146 valence electrons. The van der Waals surface area contributed by atoms with Crippen LogP contribution in [0.3, 0.4) is 0 Å². The van der Waals surface area contributed by atoms with Crippen molar-refractivity contribution in [1.82, 2.24) is 13.6 Å². The maximum atomic E-state index is 12.9. The third kappa shape index (κ3) is 3.57. The van der Waals surface area contributed by atoms with E-state index in [4.69, 9.17) is 15.2 Å². The van der Waals surface area contributed by atoms with E-state index in [1.54, 1.807) is 0 Å². The molecule has 2 fully saturated rings. The van der Waals surface area contributed by atoms with E-state index in [0.29, 0.717) is 13.2 Å². The third-order valence-electron chi connectivity index (χ3n) is 4.34. The second-order valence-electron chi connectivity index (χ2n) is 5.99. The smallest absolute Gasteiger partial charge is 0.246 e. The van der Waals surface area contributed by atoms with E-state index in [1.807, 2.05) is 0 Å². The zero-order valence-electron chi connectivity index (χ0n) is 14.4. The number of morpholine rings is 2. The Morgan fingerprint density at radius 2 is 1.31 bits per heavy atom. The number of rotatable bonds is 4. The zero-order chi connectivity index (χ0) is 18.9. The summed E-state index contributed by atoms with van der Waals surface area (Å²) >= 11 is 0. The van der Waals surface area contributed by atoms with Crippen LogP contribution in [0, 0.1) is 6.92 Å². The largest absolute Gasteiger partial charge is 0.383 e. The number of nitrogens with two attached hydrogens (primary N) is 1. The quantitative estimate of drug-likeness (QED) is 0.674. The molecule has 3 rings (SSSR count). The van der Waals surface area contributed by atoms with Crippen molar-refractivity contribution >= 4 is 25.9 Å². The van der Waals surface area contributed by atoms with E-state index in [0.717, 1.165) is 6.07 Å². The molecule has 3 heterocycles. The summed E-state index contributed by atoms with van der Waals surface area (Å²) in [6.45, 7) is 3.40. The molecule has 2 N–H and O–H groups in total. The van der Waals surface area contributed by atoms with Gasteiger partial charge in [-0.25, -0.2) is 21.8 Å². The number of sulfonamides is 2. The number of ether oxygens (including phenoxy) is 2. The Morgan fingerprint density at radius 3 is 1.77 bits per heavy atom. The lowest BCUT2D eigenvalue weighted by atomic mass is 10.4. The number of aromatic nitrogens is 1. The lowest BCUT2D eigenvalue weighted by Gasteiger charge is -2.28. The van der Waals surface area contributed by atoms with Crippen molar-refractivity contribution in [1.29, 1.82) is 0 Å². The highest BCUT2D eigenvalue weighted by Crippen LogP contribution is 2.28. The van der Waals surface area contributed by atoms with Gasteiger partial charge in [-0.05, 0) is 13.0 Å². The Morgan fingerprint density at radius 1 is 0.885 bits per heavy atom. The fraction of sp³-hybridized carbons (Fsp3) is 0.643. The monoisotopic (exact) mass is 406 g/mol. The average molecular weight is 406 g/mol. The first-order valence-corrected chi connectivity index (χ1v) is 11.1.